The van der Waals surface area contributed by atoms with Gasteiger partial charge in [-0.1, -0.05) is 60.3 Å². The molecule has 0 amide bonds. The van der Waals surface area contributed by atoms with Crippen LogP contribution in [0.25, 0.3) is 0 Å². The predicted octanol–water partition coefficient (Wildman–Crippen LogP) is 7.77. The minimum atomic E-state index is -4.68. The van der Waals surface area contributed by atoms with Crippen LogP contribution >= 0.6 is 34.4 Å². The van der Waals surface area contributed by atoms with Gasteiger partial charge in [-0.25, -0.2) is 4.39 Å². The van der Waals surface area contributed by atoms with Crippen LogP contribution in [0.3, 0.4) is 0 Å². The Morgan fingerprint density at radius 3 is 2.19 bits per heavy atom. The maximum Gasteiger partial charge on any atom is 0.422 e. The van der Waals surface area contributed by atoms with E-state index in [4.69, 9.17) is 15.4 Å². The lowest BCUT2D eigenvalue weighted by atomic mass is 10.1. The fourth-order valence-electron chi connectivity index (χ4n) is 3.02. The van der Waals surface area contributed by atoms with Crippen LogP contribution in [-0.2, 0) is 6.18 Å². The Kier molecular flexibility index (Phi) is 10.3. The summed E-state index contributed by atoms with van der Waals surface area (Å²) >= 11 is 3.09. The van der Waals surface area contributed by atoms with Gasteiger partial charge in [-0.15, -0.1) is 0 Å². The maximum atomic E-state index is 14.6. The molecular formula is C23H20F7IN2O2S. The first-order valence-electron chi connectivity index (χ1n) is 10.3. The third-order valence-electron chi connectivity index (χ3n) is 4.77. The molecule has 1 N–H and O–H groups in total. The molecule has 0 aromatic heterocycles. The number of thioether (sulfide) groups is 1. The van der Waals surface area contributed by atoms with Crippen molar-refractivity contribution >= 4 is 39.4 Å². The standard InChI is InChI=1S/C23H20F7IN2O2S/c1-3-17(35-19-9-18(34-11-22(25,26)27)14(10-32)8-16(19)24)20(12(2)31)36-21(33)13-4-6-15(7-5-13)23(28,29)30/h4-9,12,17,20,33H,3,11H2,1-2H3. The number of nitrogens with one attached hydrogen (secondary N) is 1. The van der Waals surface area contributed by atoms with Crippen molar-refractivity contribution in [3.05, 3.63) is 58.9 Å². The van der Waals surface area contributed by atoms with Crippen molar-refractivity contribution in [2.24, 2.45) is 0 Å². The van der Waals surface area contributed by atoms with E-state index in [-0.39, 0.29) is 14.5 Å². The largest absolute Gasteiger partial charge is 0.486 e. The number of nitriles is 1. The molecule has 0 fully saturated rings. The molecule has 0 heterocycles. The maximum absolute atomic E-state index is 14.6. The zero-order valence-corrected chi connectivity index (χ0v) is 21.8. The van der Waals surface area contributed by atoms with Crippen LogP contribution in [0.4, 0.5) is 30.7 Å². The topological polar surface area (TPSA) is 66.1 Å². The smallest absolute Gasteiger partial charge is 0.422 e. The van der Waals surface area contributed by atoms with Gasteiger partial charge in [0.25, 0.3) is 0 Å². The normalized spacial score (nSPS) is 14.5. The molecule has 0 spiro atoms. The Bertz CT molecular complexity index is 1100. The van der Waals surface area contributed by atoms with Crippen molar-refractivity contribution in [1.29, 1.82) is 10.7 Å². The van der Waals surface area contributed by atoms with Gasteiger partial charge in [-0.3, -0.25) is 5.41 Å². The van der Waals surface area contributed by atoms with Crippen molar-refractivity contribution in [3.8, 4) is 17.6 Å². The minimum Gasteiger partial charge on any atom is -0.486 e. The van der Waals surface area contributed by atoms with Gasteiger partial charge < -0.3 is 9.47 Å². The zero-order chi connectivity index (χ0) is 27.3. The average molecular weight is 648 g/mol. The summed E-state index contributed by atoms with van der Waals surface area (Å²) in [6.45, 7) is 1.84. The van der Waals surface area contributed by atoms with Gasteiger partial charge in [0.1, 0.15) is 17.9 Å². The summed E-state index contributed by atoms with van der Waals surface area (Å²) in [6.07, 6.45) is -9.62. The molecule has 0 saturated heterocycles. The van der Waals surface area contributed by atoms with Crippen LogP contribution in [0.2, 0.25) is 0 Å². The first-order chi connectivity index (χ1) is 16.7. The van der Waals surface area contributed by atoms with Crippen molar-refractivity contribution < 1.29 is 40.2 Å². The first-order valence-corrected chi connectivity index (χ1v) is 12.5. The molecule has 196 valence electrons. The van der Waals surface area contributed by atoms with Crippen molar-refractivity contribution in [3.63, 3.8) is 0 Å². The highest BCUT2D eigenvalue weighted by Crippen LogP contribution is 2.35. The molecule has 3 atom stereocenters. The van der Waals surface area contributed by atoms with Crippen LogP contribution in [0, 0.1) is 22.6 Å². The van der Waals surface area contributed by atoms with E-state index in [0.717, 1.165) is 30.0 Å². The number of alkyl halides is 7. The molecule has 0 saturated carbocycles. The van der Waals surface area contributed by atoms with Gasteiger partial charge in [-0.2, -0.15) is 31.6 Å². The number of rotatable bonds is 9. The number of ether oxygens (including phenoxy) is 2. The fourth-order valence-corrected chi connectivity index (χ4v) is 5.05. The lowest BCUT2D eigenvalue weighted by Crippen LogP contribution is -2.35. The lowest BCUT2D eigenvalue weighted by Gasteiger charge is -2.29. The van der Waals surface area contributed by atoms with E-state index in [0.29, 0.717) is 12.5 Å². The summed E-state index contributed by atoms with van der Waals surface area (Å²) < 4.78 is 101. The van der Waals surface area contributed by atoms with Gasteiger partial charge in [0.2, 0.25) is 0 Å². The quantitative estimate of drug-likeness (QED) is 0.0993. The molecule has 2 aromatic carbocycles. The number of halogens is 8. The van der Waals surface area contributed by atoms with Gasteiger partial charge in [0.15, 0.2) is 18.2 Å². The molecule has 36 heavy (non-hydrogen) atoms. The second-order valence-electron chi connectivity index (χ2n) is 7.52. The Morgan fingerprint density at radius 2 is 1.72 bits per heavy atom. The Balaban J connectivity index is 2.27. The fraction of sp³-hybridized carbons (Fsp3) is 0.391. The van der Waals surface area contributed by atoms with E-state index in [9.17, 15) is 30.7 Å². The molecule has 0 aliphatic heterocycles. The van der Waals surface area contributed by atoms with Crippen LogP contribution in [-0.4, -0.2) is 33.1 Å². The van der Waals surface area contributed by atoms with E-state index in [1.165, 1.54) is 12.1 Å². The third-order valence-corrected chi connectivity index (χ3v) is 7.49. The lowest BCUT2D eigenvalue weighted by molar-refractivity contribution is -0.153. The summed E-state index contributed by atoms with van der Waals surface area (Å²) in [6, 6.07) is 7.27. The molecule has 0 aliphatic rings. The summed E-state index contributed by atoms with van der Waals surface area (Å²) in [5, 5.41) is 16.9. The highest BCUT2D eigenvalue weighted by Gasteiger charge is 2.32. The molecule has 0 bridgehead atoms. The Labute approximate surface area is 220 Å². The van der Waals surface area contributed by atoms with Gasteiger partial charge in [0, 0.05) is 15.6 Å². The minimum absolute atomic E-state index is 0.0335. The molecule has 2 aromatic rings. The highest BCUT2D eigenvalue weighted by atomic mass is 127. The summed E-state index contributed by atoms with van der Waals surface area (Å²) in [4.78, 5) is 0. The van der Waals surface area contributed by atoms with Crippen molar-refractivity contribution in [2.75, 3.05) is 6.61 Å². The third kappa shape index (κ3) is 8.43. The second-order valence-corrected chi connectivity index (χ2v) is 10.7. The van der Waals surface area contributed by atoms with E-state index < -0.39 is 58.8 Å². The van der Waals surface area contributed by atoms with Crippen LogP contribution in [0.5, 0.6) is 11.5 Å². The van der Waals surface area contributed by atoms with Crippen molar-refractivity contribution in [1.82, 2.24) is 0 Å². The van der Waals surface area contributed by atoms with E-state index in [1.807, 2.05) is 0 Å². The number of benzene rings is 2. The summed E-state index contributed by atoms with van der Waals surface area (Å²) in [5.74, 6) is -1.90. The summed E-state index contributed by atoms with van der Waals surface area (Å²) in [7, 11) is 0. The molecule has 0 radical (unpaired) electrons. The number of hydrogen-bond acceptors (Lipinski definition) is 5. The Hall–Kier alpha value is -2.21. The van der Waals surface area contributed by atoms with Crippen molar-refractivity contribution in [2.45, 2.75) is 47.9 Å². The molecule has 4 nitrogen and oxygen atoms in total. The molecule has 3 unspecified atom stereocenters. The van der Waals surface area contributed by atoms with Gasteiger partial charge >= 0.3 is 12.4 Å². The highest BCUT2D eigenvalue weighted by molar-refractivity contribution is 14.1. The second kappa shape index (κ2) is 12.4. The number of hydrogen-bond donors (Lipinski definition) is 1. The van der Waals surface area contributed by atoms with Crippen LogP contribution in [0.15, 0.2) is 36.4 Å². The average Bonchev–Trinajstić information content (AvgIpc) is 2.79. The molecule has 13 heteroatoms. The monoisotopic (exact) mass is 648 g/mol. The van der Waals surface area contributed by atoms with Gasteiger partial charge in [-0.05, 0) is 24.6 Å². The SMILES string of the molecule is CCC(Oc1cc(OCC(F)(F)F)c(C#N)cc1F)C(SC(=N)c1ccc(C(F)(F)F)cc1)C(C)I. The summed E-state index contributed by atoms with van der Waals surface area (Å²) in [5.41, 5.74) is -1.04. The van der Waals surface area contributed by atoms with Gasteiger partial charge in [0.05, 0.1) is 21.4 Å². The Morgan fingerprint density at radius 1 is 1.11 bits per heavy atom. The molecule has 0 aliphatic carbocycles. The first kappa shape index (κ1) is 30.0. The van der Waals surface area contributed by atoms with E-state index in [2.05, 4.69) is 27.3 Å². The predicted molar refractivity (Wildman–Crippen MR) is 131 cm³/mol. The molecule has 2 rings (SSSR count). The molecular weight excluding hydrogens is 628 g/mol. The van der Waals surface area contributed by atoms with Crippen LogP contribution < -0.4 is 9.47 Å². The number of nitrogens with zero attached hydrogens (tertiary/aromatic N) is 1. The zero-order valence-electron chi connectivity index (χ0n) is 18.8. The van der Waals surface area contributed by atoms with E-state index >= 15 is 0 Å². The van der Waals surface area contributed by atoms with Crippen LogP contribution in [0.1, 0.15) is 37.0 Å². The van der Waals surface area contributed by atoms with E-state index in [1.54, 1.807) is 19.9 Å².